The zero-order valence-corrected chi connectivity index (χ0v) is 12.9. The average molecular weight is 329 g/mol. The molecule has 1 N–H and O–H groups in total. The smallest absolute Gasteiger partial charge is 0.269 e. The molecular weight excluding hydrogens is 314 g/mol. The molecule has 2 heterocycles. The minimum Gasteiger partial charge on any atom is -0.391 e. The van der Waals surface area contributed by atoms with Crippen LogP contribution in [0.4, 0.5) is 5.69 Å². The molecular formula is C15H15N5O4. The number of nitrogens with zero attached hydrogens (tertiary/aromatic N) is 5. The number of nitro groups is 1. The van der Waals surface area contributed by atoms with Gasteiger partial charge in [0.05, 0.1) is 29.5 Å². The van der Waals surface area contributed by atoms with Crippen LogP contribution in [0, 0.1) is 10.1 Å². The van der Waals surface area contributed by atoms with Gasteiger partial charge in [0.25, 0.3) is 11.2 Å². The number of hydrogen-bond acceptors (Lipinski definition) is 6. The summed E-state index contributed by atoms with van der Waals surface area (Å²) in [4.78, 5) is 26.9. The number of rotatable bonds is 5. The molecule has 0 fully saturated rings. The van der Waals surface area contributed by atoms with E-state index in [1.165, 1.54) is 33.9 Å². The van der Waals surface area contributed by atoms with Gasteiger partial charge in [-0.3, -0.25) is 19.5 Å². The van der Waals surface area contributed by atoms with Crippen LogP contribution in [0.5, 0.6) is 0 Å². The first-order valence-electron chi connectivity index (χ1n) is 7.37. The second kappa shape index (κ2) is 6.20. The fourth-order valence-electron chi connectivity index (χ4n) is 2.34. The molecule has 3 rings (SSSR count). The number of nitro benzene ring substituents is 1. The Bertz CT molecular complexity index is 945. The van der Waals surface area contributed by atoms with E-state index in [0.717, 1.165) is 0 Å². The maximum atomic E-state index is 12.4. The van der Waals surface area contributed by atoms with Gasteiger partial charge in [-0.1, -0.05) is 6.92 Å². The van der Waals surface area contributed by atoms with E-state index in [1.807, 2.05) is 6.92 Å². The lowest BCUT2D eigenvalue weighted by Gasteiger charge is -2.10. The van der Waals surface area contributed by atoms with Crippen LogP contribution < -0.4 is 5.56 Å². The minimum absolute atomic E-state index is 0.0286. The maximum Gasteiger partial charge on any atom is 0.269 e. The molecule has 124 valence electrons. The van der Waals surface area contributed by atoms with Gasteiger partial charge in [0.1, 0.15) is 11.7 Å². The number of aliphatic hydroxyl groups excluding tert-OH is 1. The summed E-state index contributed by atoms with van der Waals surface area (Å²) in [5, 5.41) is 24.9. The van der Waals surface area contributed by atoms with Crippen molar-refractivity contribution in [2.24, 2.45) is 0 Å². The lowest BCUT2D eigenvalue weighted by Crippen LogP contribution is -2.26. The average Bonchev–Trinajstić information content (AvgIpc) is 3.02. The lowest BCUT2D eigenvalue weighted by atomic mass is 10.2. The Hall–Kier alpha value is -3.07. The Morgan fingerprint density at radius 2 is 2.04 bits per heavy atom. The largest absolute Gasteiger partial charge is 0.391 e. The number of aromatic nitrogens is 4. The number of non-ortho nitro benzene ring substituents is 1. The maximum absolute atomic E-state index is 12.4. The summed E-state index contributed by atoms with van der Waals surface area (Å²) in [5.74, 6) is 0. The second-order valence-corrected chi connectivity index (χ2v) is 5.33. The van der Waals surface area contributed by atoms with Gasteiger partial charge < -0.3 is 5.11 Å². The third-order valence-electron chi connectivity index (χ3n) is 3.74. The molecule has 0 aliphatic rings. The molecule has 0 bridgehead atoms. The molecule has 9 nitrogen and oxygen atoms in total. The Morgan fingerprint density at radius 3 is 2.67 bits per heavy atom. The first-order valence-corrected chi connectivity index (χ1v) is 7.37. The highest BCUT2D eigenvalue weighted by molar-refractivity contribution is 5.75. The Balaban J connectivity index is 2.03. The van der Waals surface area contributed by atoms with Crippen molar-refractivity contribution in [3.8, 4) is 5.69 Å². The molecule has 2 aromatic heterocycles. The third kappa shape index (κ3) is 2.76. The van der Waals surface area contributed by atoms with Gasteiger partial charge in [-0.25, -0.2) is 9.67 Å². The van der Waals surface area contributed by atoms with Crippen LogP contribution in [0.3, 0.4) is 0 Å². The van der Waals surface area contributed by atoms with Gasteiger partial charge in [-0.15, -0.1) is 0 Å². The van der Waals surface area contributed by atoms with Crippen molar-refractivity contribution in [3.63, 3.8) is 0 Å². The van der Waals surface area contributed by atoms with Crippen molar-refractivity contribution in [1.82, 2.24) is 19.3 Å². The van der Waals surface area contributed by atoms with Crippen LogP contribution in [-0.2, 0) is 6.54 Å². The molecule has 9 heteroatoms. The van der Waals surface area contributed by atoms with E-state index >= 15 is 0 Å². The van der Waals surface area contributed by atoms with Crippen molar-refractivity contribution in [3.05, 3.63) is 57.3 Å². The van der Waals surface area contributed by atoms with E-state index < -0.39 is 11.0 Å². The summed E-state index contributed by atoms with van der Waals surface area (Å²) < 4.78 is 2.79. The van der Waals surface area contributed by atoms with Crippen LogP contribution in [0.2, 0.25) is 0 Å². The third-order valence-corrected chi connectivity index (χ3v) is 3.74. The predicted octanol–water partition coefficient (Wildman–Crippen LogP) is 1.26. The van der Waals surface area contributed by atoms with Crippen molar-refractivity contribution >= 4 is 16.7 Å². The molecule has 0 spiro atoms. The summed E-state index contributed by atoms with van der Waals surface area (Å²) in [6.07, 6.45) is 2.69. The molecule has 3 aromatic rings. The monoisotopic (exact) mass is 329 g/mol. The van der Waals surface area contributed by atoms with Gasteiger partial charge in [-0.05, 0) is 18.6 Å². The van der Waals surface area contributed by atoms with Crippen LogP contribution >= 0.6 is 0 Å². The molecule has 0 saturated carbocycles. The Morgan fingerprint density at radius 1 is 1.33 bits per heavy atom. The van der Waals surface area contributed by atoms with Crippen molar-refractivity contribution in [2.45, 2.75) is 26.0 Å². The zero-order valence-electron chi connectivity index (χ0n) is 12.9. The Labute approximate surface area is 135 Å². The van der Waals surface area contributed by atoms with Crippen molar-refractivity contribution < 1.29 is 10.0 Å². The van der Waals surface area contributed by atoms with E-state index in [0.29, 0.717) is 23.1 Å². The van der Waals surface area contributed by atoms with Crippen LogP contribution in [0.25, 0.3) is 16.7 Å². The summed E-state index contributed by atoms with van der Waals surface area (Å²) >= 11 is 0. The van der Waals surface area contributed by atoms with Crippen LogP contribution in [0.1, 0.15) is 13.3 Å². The molecule has 0 aliphatic heterocycles. The molecule has 24 heavy (non-hydrogen) atoms. The number of benzene rings is 1. The number of aliphatic hydroxyl groups is 1. The number of hydrogen-bond donors (Lipinski definition) is 1. The molecule has 0 saturated heterocycles. The van der Waals surface area contributed by atoms with E-state index in [2.05, 4.69) is 10.1 Å². The summed E-state index contributed by atoms with van der Waals surface area (Å²) in [5.41, 5.74) is 0.602. The summed E-state index contributed by atoms with van der Waals surface area (Å²) in [7, 11) is 0. The highest BCUT2D eigenvalue weighted by Crippen LogP contribution is 2.17. The molecule has 0 unspecified atom stereocenters. The van der Waals surface area contributed by atoms with Gasteiger partial charge in [0.2, 0.25) is 0 Å². The second-order valence-electron chi connectivity index (χ2n) is 5.33. The van der Waals surface area contributed by atoms with Crippen LogP contribution in [-0.4, -0.2) is 35.5 Å². The van der Waals surface area contributed by atoms with Gasteiger partial charge in [0.15, 0.2) is 5.65 Å². The van der Waals surface area contributed by atoms with Crippen molar-refractivity contribution in [1.29, 1.82) is 0 Å². The highest BCUT2D eigenvalue weighted by Gasteiger charge is 2.14. The first-order chi connectivity index (χ1) is 11.5. The fraction of sp³-hybridized carbons (Fsp3) is 0.267. The standard InChI is InChI=1S/C15H15N5O4/c1-2-12(21)8-18-9-16-14-13(15(18)22)7-17-19(14)10-3-5-11(6-4-10)20(23)24/h3-7,9,12,21H,2,8H2,1H3/t12-/m0/s1. The molecule has 1 aromatic carbocycles. The fourth-order valence-corrected chi connectivity index (χ4v) is 2.34. The van der Waals surface area contributed by atoms with E-state index in [-0.39, 0.29) is 17.8 Å². The predicted molar refractivity (Wildman–Crippen MR) is 86.1 cm³/mol. The quantitative estimate of drug-likeness (QED) is 0.556. The van der Waals surface area contributed by atoms with Gasteiger partial charge in [-0.2, -0.15) is 5.10 Å². The minimum atomic E-state index is -0.619. The Kier molecular flexibility index (Phi) is 4.09. The van der Waals surface area contributed by atoms with Crippen molar-refractivity contribution in [2.75, 3.05) is 0 Å². The van der Waals surface area contributed by atoms with E-state index in [1.54, 1.807) is 12.1 Å². The topological polar surface area (TPSA) is 116 Å². The van der Waals surface area contributed by atoms with Crippen LogP contribution in [0.15, 0.2) is 41.6 Å². The first kappa shape index (κ1) is 15.8. The normalized spacial score (nSPS) is 12.4. The number of fused-ring (bicyclic) bond motifs is 1. The molecule has 1 atom stereocenters. The molecule has 0 aliphatic carbocycles. The highest BCUT2D eigenvalue weighted by atomic mass is 16.6. The summed E-state index contributed by atoms with van der Waals surface area (Å²) in [6.45, 7) is 2.00. The molecule has 0 amide bonds. The summed E-state index contributed by atoms with van der Waals surface area (Å²) in [6, 6.07) is 5.81. The van der Waals surface area contributed by atoms with E-state index in [4.69, 9.17) is 0 Å². The molecule has 0 radical (unpaired) electrons. The lowest BCUT2D eigenvalue weighted by molar-refractivity contribution is -0.384. The SMILES string of the molecule is CC[C@H](O)Cn1cnc2c(cnn2-c2ccc([N+](=O)[O-])cc2)c1=O. The zero-order chi connectivity index (χ0) is 17.3. The van der Waals surface area contributed by atoms with Gasteiger partial charge >= 0.3 is 0 Å². The van der Waals surface area contributed by atoms with Gasteiger partial charge in [0, 0.05) is 12.1 Å². The van der Waals surface area contributed by atoms with E-state index in [9.17, 15) is 20.0 Å².